The molecule has 0 aliphatic rings. The molecule has 0 aliphatic carbocycles. The number of hydrogen-bond acceptors (Lipinski definition) is 6. The van der Waals surface area contributed by atoms with Gasteiger partial charge in [0, 0.05) is 26.4 Å². The van der Waals surface area contributed by atoms with Crippen molar-refractivity contribution in [2.45, 2.75) is 6.54 Å². The molecule has 0 saturated heterocycles. The Hall–Kier alpha value is -1.21. The van der Waals surface area contributed by atoms with E-state index in [1.54, 1.807) is 19.4 Å². The van der Waals surface area contributed by atoms with Crippen molar-refractivity contribution in [2.75, 3.05) is 38.0 Å². The van der Waals surface area contributed by atoms with Gasteiger partial charge in [-0.15, -0.1) is 0 Å². The van der Waals surface area contributed by atoms with Gasteiger partial charge in [0.15, 0.2) is 0 Å². The Morgan fingerprint density at radius 2 is 2.06 bits per heavy atom. The van der Waals surface area contributed by atoms with Crippen LogP contribution in [-0.4, -0.2) is 55.9 Å². The Kier molecular flexibility index (Phi) is 4.83. The van der Waals surface area contributed by atoms with E-state index in [-0.39, 0.29) is 5.75 Å². The van der Waals surface area contributed by atoms with Crippen LogP contribution in [0, 0.1) is 0 Å². The molecule has 7 heteroatoms. The summed E-state index contributed by atoms with van der Waals surface area (Å²) >= 11 is 0. The number of hydrogen-bond donors (Lipinski definition) is 1. The van der Waals surface area contributed by atoms with Gasteiger partial charge in [-0.05, 0) is 7.05 Å². The van der Waals surface area contributed by atoms with Crippen molar-refractivity contribution in [3.63, 3.8) is 0 Å². The van der Waals surface area contributed by atoms with E-state index in [1.807, 2.05) is 11.9 Å². The molecule has 0 saturated carbocycles. The third kappa shape index (κ3) is 5.60. The highest BCUT2D eigenvalue weighted by atomic mass is 32.2. The van der Waals surface area contributed by atoms with Gasteiger partial charge < -0.3 is 5.32 Å². The molecule has 1 rings (SSSR count). The van der Waals surface area contributed by atoms with Crippen LogP contribution in [0.25, 0.3) is 0 Å². The van der Waals surface area contributed by atoms with Crippen LogP contribution in [0.5, 0.6) is 0 Å². The van der Waals surface area contributed by atoms with Gasteiger partial charge in [-0.25, -0.2) is 13.4 Å². The van der Waals surface area contributed by atoms with E-state index in [4.69, 9.17) is 0 Å². The van der Waals surface area contributed by atoms with E-state index in [1.165, 1.54) is 6.26 Å². The topological polar surface area (TPSA) is 75.2 Å². The highest BCUT2D eigenvalue weighted by molar-refractivity contribution is 7.90. The van der Waals surface area contributed by atoms with Crippen LogP contribution in [0.15, 0.2) is 12.4 Å². The van der Waals surface area contributed by atoms with E-state index in [0.717, 1.165) is 5.69 Å². The zero-order chi connectivity index (χ0) is 12.9. The van der Waals surface area contributed by atoms with Crippen LogP contribution in [0.4, 0.5) is 5.82 Å². The smallest absolute Gasteiger partial charge is 0.148 e. The molecule has 0 aliphatic heterocycles. The average molecular weight is 258 g/mol. The van der Waals surface area contributed by atoms with E-state index in [0.29, 0.717) is 18.9 Å². The fourth-order valence-corrected chi connectivity index (χ4v) is 1.89. The monoisotopic (exact) mass is 258 g/mol. The molecule has 1 aromatic heterocycles. The van der Waals surface area contributed by atoms with Crippen LogP contribution in [0.2, 0.25) is 0 Å². The molecule has 0 spiro atoms. The van der Waals surface area contributed by atoms with Gasteiger partial charge in [0.25, 0.3) is 0 Å². The number of aromatic nitrogens is 2. The van der Waals surface area contributed by atoms with Crippen LogP contribution >= 0.6 is 0 Å². The van der Waals surface area contributed by atoms with Crippen molar-refractivity contribution in [1.82, 2.24) is 14.9 Å². The molecule has 0 radical (unpaired) electrons. The summed E-state index contributed by atoms with van der Waals surface area (Å²) < 4.78 is 22.0. The highest BCUT2D eigenvalue weighted by Crippen LogP contribution is 2.02. The molecule has 0 unspecified atom stereocenters. The lowest BCUT2D eigenvalue weighted by Crippen LogP contribution is -2.25. The molecule has 96 valence electrons. The molecule has 0 amide bonds. The van der Waals surface area contributed by atoms with Gasteiger partial charge in [0.1, 0.15) is 15.7 Å². The van der Waals surface area contributed by atoms with Gasteiger partial charge in [-0.1, -0.05) is 0 Å². The Morgan fingerprint density at radius 3 is 2.53 bits per heavy atom. The second-order valence-corrected chi connectivity index (χ2v) is 6.27. The van der Waals surface area contributed by atoms with Crippen molar-refractivity contribution >= 4 is 15.7 Å². The molecule has 0 aromatic carbocycles. The Morgan fingerprint density at radius 1 is 1.35 bits per heavy atom. The summed E-state index contributed by atoms with van der Waals surface area (Å²) in [6, 6.07) is 0. The SMILES string of the molecule is CNc1cnc(CN(C)CCS(C)(=O)=O)cn1. The van der Waals surface area contributed by atoms with E-state index in [2.05, 4.69) is 15.3 Å². The third-order valence-corrected chi connectivity index (χ3v) is 3.16. The number of rotatable bonds is 6. The van der Waals surface area contributed by atoms with E-state index >= 15 is 0 Å². The quantitative estimate of drug-likeness (QED) is 0.774. The number of anilines is 1. The standard InChI is InChI=1S/C10H18N4O2S/c1-11-10-7-12-9(6-13-10)8-14(2)4-5-17(3,15)16/h6-7H,4-5,8H2,1-3H3,(H,11,13). The summed E-state index contributed by atoms with van der Waals surface area (Å²) in [5.41, 5.74) is 0.819. The molecule has 1 heterocycles. The lowest BCUT2D eigenvalue weighted by Gasteiger charge is -2.15. The van der Waals surface area contributed by atoms with Gasteiger partial charge in [0.2, 0.25) is 0 Å². The van der Waals surface area contributed by atoms with Crippen molar-refractivity contribution in [2.24, 2.45) is 0 Å². The Labute approximate surface area is 102 Å². The van der Waals surface area contributed by atoms with Crippen molar-refractivity contribution in [3.05, 3.63) is 18.1 Å². The minimum Gasteiger partial charge on any atom is -0.372 e. The maximum Gasteiger partial charge on any atom is 0.148 e. The first kappa shape index (κ1) is 13.9. The summed E-state index contributed by atoms with van der Waals surface area (Å²) in [6.45, 7) is 1.08. The summed E-state index contributed by atoms with van der Waals surface area (Å²) in [7, 11) is 0.730. The van der Waals surface area contributed by atoms with Crippen LogP contribution in [-0.2, 0) is 16.4 Å². The number of sulfone groups is 1. The van der Waals surface area contributed by atoms with Crippen molar-refractivity contribution < 1.29 is 8.42 Å². The fourth-order valence-electron chi connectivity index (χ4n) is 1.24. The molecule has 1 N–H and O–H groups in total. The molecule has 0 bridgehead atoms. The zero-order valence-electron chi connectivity index (χ0n) is 10.3. The molecule has 6 nitrogen and oxygen atoms in total. The molecule has 0 atom stereocenters. The number of nitrogens with zero attached hydrogens (tertiary/aromatic N) is 3. The second kappa shape index (κ2) is 5.92. The molecule has 1 aromatic rings. The van der Waals surface area contributed by atoms with Gasteiger partial charge >= 0.3 is 0 Å². The zero-order valence-corrected chi connectivity index (χ0v) is 11.2. The van der Waals surface area contributed by atoms with Crippen molar-refractivity contribution in [1.29, 1.82) is 0 Å². The van der Waals surface area contributed by atoms with Gasteiger partial charge in [0.05, 0.1) is 23.8 Å². The van der Waals surface area contributed by atoms with Gasteiger partial charge in [-0.2, -0.15) is 0 Å². The summed E-state index contributed by atoms with van der Waals surface area (Å²) in [5.74, 6) is 0.874. The summed E-state index contributed by atoms with van der Waals surface area (Å²) in [6.07, 6.45) is 4.57. The largest absolute Gasteiger partial charge is 0.372 e. The molecule has 17 heavy (non-hydrogen) atoms. The Bertz CT molecular complexity index is 444. The Balaban J connectivity index is 2.47. The third-order valence-electron chi connectivity index (χ3n) is 2.24. The summed E-state index contributed by atoms with van der Waals surface area (Å²) in [4.78, 5) is 10.3. The number of nitrogens with one attached hydrogen (secondary N) is 1. The van der Waals surface area contributed by atoms with E-state index < -0.39 is 9.84 Å². The van der Waals surface area contributed by atoms with Crippen LogP contribution in [0.3, 0.4) is 0 Å². The van der Waals surface area contributed by atoms with Crippen molar-refractivity contribution in [3.8, 4) is 0 Å². The maximum atomic E-state index is 11.0. The van der Waals surface area contributed by atoms with Gasteiger partial charge in [-0.3, -0.25) is 9.88 Å². The minimum atomic E-state index is -2.91. The molecular formula is C10H18N4O2S. The van der Waals surface area contributed by atoms with E-state index in [9.17, 15) is 8.42 Å². The molecule has 0 fully saturated rings. The second-order valence-electron chi connectivity index (χ2n) is 4.01. The average Bonchev–Trinajstić information content (AvgIpc) is 2.27. The van der Waals surface area contributed by atoms with Crippen LogP contribution < -0.4 is 5.32 Å². The normalized spacial score (nSPS) is 11.8. The predicted molar refractivity (Wildman–Crippen MR) is 67.6 cm³/mol. The molecular weight excluding hydrogens is 240 g/mol. The minimum absolute atomic E-state index is 0.158. The first-order chi connectivity index (χ1) is 7.90. The van der Waals surface area contributed by atoms with Crippen LogP contribution in [0.1, 0.15) is 5.69 Å². The maximum absolute atomic E-state index is 11.0. The fraction of sp³-hybridized carbons (Fsp3) is 0.600. The summed E-state index contributed by atoms with van der Waals surface area (Å²) in [5, 5.41) is 2.89. The lowest BCUT2D eigenvalue weighted by molar-refractivity contribution is 0.341. The predicted octanol–water partition coefficient (Wildman–Crippen LogP) is -0.00530. The highest BCUT2D eigenvalue weighted by Gasteiger charge is 2.07. The first-order valence-electron chi connectivity index (χ1n) is 5.25. The first-order valence-corrected chi connectivity index (χ1v) is 7.31. The lowest BCUT2D eigenvalue weighted by atomic mass is 10.4.